The van der Waals surface area contributed by atoms with E-state index in [0.29, 0.717) is 12.5 Å². The monoisotopic (exact) mass is 260 g/mol. The van der Waals surface area contributed by atoms with E-state index in [1.807, 2.05) is 6.92 Å². The van der Waals surface area contributed by atoms with Gasteiger partial charge in [0, 0.05) is 18.9 Å². The van der Waals surface area contributed by atoms with Gasteiger partial charge in [-0.25, -0.2) is 0 Å². The molecule has 1 aromatic carbocycles. The maximum atomic E-state index is 6.37. The zero-order valence-electron chi connectivity index (χ0n) is 11.7. The molecule has 102 valence electrons. The summed E-state index contributed by atoms with van der Waals surface area (Å²) in [5.41, 5.74) is 2.42. The second kappa shape index (κ2) is 3.60. The summed E-state index contributed by atoms with van der Waals surface area (Å²) < 4.78 is 18.6. The molecular weight excluding hydrogens is 240 g/mol. The van der Waals surface area contributed by atoms with Crippen molar-refractivity contribution < 1.29 is 14.2 Å². The lowest BCUT2D eigenvalue weighted by atomic mass is 9.82. The second-order valence-electron chi connectivity index (χ2n) is 6.13. The summed E-state index contributed by atoms with van der Waals surface area (Å²) in [6.45, 7) is 6.97. The number of benzene rings is 1. The van der Waals surface area contributed by atoms with Gasteiger partial charge >= 0.3 is 0 Å². The van der Waals surface area contributed by atoms with Crippen molar-refractivity contribution in [1.29, 1.82) is 0 Å². The molecule has 3 heteroatoms. The zero-order chi connectivity index (χ0) is 13.3. The molecule has 5 atom stereocenters. The van der Waals surface area contributed by atoms with Crippen molar-refractivity contribution >= 4 is 0 Å². The quantitative estimate of drug-likeness (QED) is 0.818. The van der Waals surface area contributed by atoms with Gasteiger partial charge in [-0.05, 0) is 31.9 Å². The van der Waals surface area contributed by atoms with Crippen LogP contribution in [0.1, 0.15) is 44.2 Å². The van der Waals surface area contributed by atoms with Crippen LogP contribution in [0.2, 0.25) is 0 Å². The predicted octanol–water partition coefficient (Wildman–Crippen LogP) is 2.94. The van der Waals surface area contributed by atoms with Gasteiger partial charge in [0.2, 0.25) is 0 Å². The van der Waals surface area contributed by atoms with Crippen LogP contribution in [-0.2, 0) is 19.8 Å². The second-order valence-corrected chi connectivity index (χ2v) is 6.13. The van der Waals surface area contributed by atoms with Gasteiger partial charge in [-0.2, -0.15) is 0 Å². The molecule has 2 bridgehead atoms. The molecule has 2 saturated heterocycles. The summed E-state index contributed by atoms with van der Waals surface area (Å²) in [4.78, 5) is 0. The summed E-state index contributed by atoms with van der Waals surface area (Å²) in [6, 6.07) is 8.62. The van der Waals surface area contributed by atoms with Gasteiger partial charge in [0.1, 0.15) is 6.10 Å². The fourth-order valence-corrected chi connectivity index (χ4v) is 4.33. The molecule has 19 heavy (non-hydrogen) atoms. The number of hydrogen-bond donors (Lipinski definition) is 0. The van der Waals surface area contributed by atoms with E-state index in [9.17, 15) is 0 Å². The Morgan fingerprint density at radius 3 is 2.89 bits per heavy atom. The SMILES string of the molecule is CCO[C@]12C[C@]3(C)O[C@H]1[C@@H](c1ccccc13)[C@@H](C)O2. The molecule has 0 amide bonds. The van der Waals surface area contributed by atoms with Crippen molar-refractivity contribution in [3.05, 3.63) is 35.4 Å². The van der Waals surface area contributed by atoms with Crippen LogP contribution in [0, 0.1) is 0 Å². The van der Waals surface area contributed by atoms with Crippen molar-refractivity contribution in [1.82, 2.24) is 0 Å². The lowest BCUT2D eigenvalue weighted by Gasteiger charge is -2.37. The standard InChI is InChI=1S/C16H20O3/c1-4-17-16-9-15(3)12-8-6-5-7-11(12)13(10(2)18-16)14(16)19-15/h5-8,10,13-14H,4,9H2,1-3H3/t10-,13-,14+,15+,16+/m1/s1. The molecule has 3 heterocycles. The third-order valence-corrected chi connectivity index (χ3v) is 4.90. The van der Waals surface area contributed by atoms with E-state index >= 15 is 0 Å². The first kappa shape index (κ1) is 11.9. The average Bonchev–Trinajstić information content (AvgIpc) is 2.75. The Kier molecular flexibility index (Phi) is 2.25. The normalized spacial score (nSPS) is 46.4. The summed E-state index contributed by atoms with van der Waals surface area (Å²) in [5, 5.41) is 0. The number of ether oxygens (including phenoxy) is 3. The maximum absolute atomic E-state index is 6.37. The first-order valence-electron chi connectivity index (χ1n) is 7.19. The molecule has 0 aliphatic carbocycles. The van der Waals surface area contributed by atoms with Crippen molar-refractivity contribution in [2.24, 2.45) is 0 Å². The molecule has 0 unspecified atom stereocenters. The largest absolute Gasteiger partial charge is 0.361 e. The molecule has 0 aromatic heterocycles. The van der Waals surface area contributed by atoms with E-state index in [-0.39, 0.29) is 17.8 Å². The molecule has 3 aliphatic rings. The predicted molar refractivity (Wildman–Crippen MR) is 70.9 cm³/mol. The van der Waals surface area contributed by atoms with E-state index in [1.54, 1.807) is 0 Å². The first-order chi connectivity index (χ1) is 9.10. The van der Waals surface area contributed by atoms with Gasteiger partial charge in [0.15, 0.2) is 5.79 Å². The third kappa shape index (κ3) is 1.33. The minimum absolute atomic E-state index is 0.0300. The highest BCUT2D eigenvalue weighted by Crippen LogP contribution is 2.61. The fourth-order valence-electron chi connectivity index (χ4n) is 4.33. The summed E-state index contributed by atoms with van der Waals surface area (Å²) in [6.07, 6.45) is 0.959. The molecule has 4 rings (SSSR count). The molecular formula is C16H20O3. The summed E-state index contributed by atoms with van der Waals surface area (Å²) >= 11 is 0. The van der Waals surface area contributed by atoms with E-state index in [0.717, 1.165) is 6.42 Å². The molecule has 1 aromatic rings. The van der Waals surface area contributed by atoms with Crippen molar-refractivity contribution in [2.75, 3.05) is 6.61 Å². The Balaban J connectivity index is 1.91. The van der Waals surface area contributed by atoms with Crippen LogP contribution in [0.15, 0.2) is 24.3 Å². The van der Waals surface area contributed by atoms with Crippen LogP contribution in [0.4, 0.5) is 0 Å². The number of hydrogen-bond acceptors (Lipinski definition) is 3. The highest BCUT2D eigenvalue weighted by atomic mass is 16.7. The van der Waals surface area contributed by atoms with E-state index < -0.39 is 5.79 Å². The minimum atomic E-state index is -0.549. The molecule has 0 N–H and O–H groups in total. The molecule has 0 saturated carbocycles. The Hall–Kier alpha value is -0.900. The Morgan fingerprint density at radius 1 is 1.32 bits per heavy atom. The van der Waals surface area contributed by atoms with Gasteiger partial charge in [-0.3, -0.25) is 0 Å². The molecule has 0 spiro atoms. The Bertz CT molecular complexity index is 528. The summed E-state index contributed by atoms with van der Waals surface area (Å²) in [7, 11) is 0. The smallest absolute Gasteiger partial charge is 0.198 e. The van der Waals surface area contributed by atoms with E-state index in [1.165, 1.54) is 11.1 Å². The highest BCUT2D eigenvalue weighted by Gasteiger charge is 2.68. The van der Waals surface area contributed by atoms with Crippen LogP contribution >= 0.6 is 0 Å². The van der Waals surface area contributed by atoms with Crippen molar-refractivity contribution in [3.63, 3.8) is 0 Å². The van der Waals surface area contributed by atoms with Gasteiger partial charge in [-0.1, -0.05) is 24.3 Å². The van der Waals surface area contributed by atoms with Crippen LogP contribution in [0.25, 0.3) is 0 Å². The third-order valence-electron chi connectivity index (χ3n) is 4.90. The van der Waals surface area contributed by atoms with Crippen LogP contribution < -0.4 is 0 Å². The van der Waals surface area contributed by atoms with Crippen LogP contribution in [0.3, 0.4) is 0 Å². The van der Waals surface area contributed by atoms with Crippen molar-refractivity contribution in [3.8, 4) is 0 Å². The van der Waals surface area contributed by atoms with Gasteiger partial charge < -0.3 is 14.2 Å². The van der Waals surface area contributed by atoms with Crippen LogP contribution in [-0.4, -0.2) is 24.6 Å². The van der Waals surface area contributed by atoms with Crippen LogP contribution in [0.5, 0.6) is 0 Å². The van der Waals surface area contributed by atoms with E-state index in [2.05, 4.69) is 38.1 Å². The Morgan fingerprint density at radius 2 is 2.11 bits per heavy atom. The molecule has 3 aliphatic heterocycles. The summed E-state index contributed by atoms with van der Waals surface area (Å²) in [5.74, 6) is -0.259. The number of rotatable bonds is 2. The number of fused-ring (bicyclic) bond motifs is 4. The fraction of sp³-hybridized carbons (Fsp3) is 0.625. The molecule has 3 nitrogen and oxygen atoms in total. The average molecular weight is 260 g/mol. The first-order valence-corrected chi connectivity index (χ1v) is 7.19. The van der Waals surface area contributed by atoms with Crippen molar-refractivity contribution in [2.45, 2.75) is 56.7 Å². The Labute approximate surface area is 113 Å². The van der Waals surface area contributed by atoms with Gasteiger partial charge in [-0.15, -0.1) is 0 Å². The minimum Gasteiger partial charge on any atom is -0.361 e. The lowest BCUT2D eigenvalue weighted by molar-refractivity contribution is -0.231. The van der Waals surface area contributed by atoms with Gasteiger partial charge in [0.05, 0.1) is 11.7 Å². The maximum Gasteiger partial charge on any atom is 0.198 e. The molecule has 0 radical (unpaired) electrons. The molecule has 2 fully saturated rings. The van der Waals surface area contributed by atoms with Gasteiger partial charge in [0.25, 0.3) is 0 Å². The lowest BCUT2D eigenvalue weighted by Crippen LogP contribution is -2.39. The van der Waals surface area contributed by atoms with E-state index in [4.69, 9.17) is 14.2 Å². The highest BCUT2D eigenvalue weighted by molar-refractivity contribution is 5.43. The topological polar surface area (TPSA) is 27.7 Å². The zero-order valence-corrected chi connectivity index (χ0v) is 11.7.